The second-order valence-electron chi connectivity index (χ2n) is 3.99. The smallest absolute Gasteiger partial charge is 0.310 e. The first-order valence-corrected chi connectivity index (χ1v) is 6.26. The molecule has 0 heterocycles. The fourth-order valence-electron chi connectivity index (χ4n) is 1.63. The SMILES string of the molecule is CCOC(=O)Cc1ccc(C(Cl)C(C)=O)c(C#N)c1. The van der Waals surface area contributed by atoms with Gasteiger partial charge in [0, 0.05) is 0 Å². The summed E-state index contributed by atoms with van der Waals surface area (Å²) in [6.07, 6.45) is 0.0931. The van der Waals surface area contributed by atoms with Crippen LogP contribution in [0, 0.1) is 11.3 Å². The molecule has 5 heteroatoms. The molecular weight excluding hydrogens is 266 g/mol. The zero-order valence-electron chi connectivity index (χ0n) is 10.8. The number of nitrogens with zero attached hydrogens (tertiary/aromatic N) is 1. The van der Waals surface area contributed by atoms with E-state index in [-0.39, 0.29) is 18.2 Å². The van der Waals surface area contributed by atoms with Gasteiger partial charge in [-0.25, -0.2) is 0 Å². The van der Waals surface area contributed by atoms with Crippen LogP contribution in [0.3, 0.4) is 0 Å². The number of Topliss-reactive ketones (excluding diaryl/α,β-unsaturated/α-hetero) is 1. The van der Waals surface area contributed by atoms with Gasteiger partial charge in [-0.3, -0.25) is 9.59 Å². The minimum Gasteiger partial charge on any atom is -0.466 e. The summed E-state index contributed by atoms with van der Waals surface area (Å²) in [4.78, 5) is 22.6. The lowest BCUT2D eigenvalue weighted by Crippen LogP contribution is -2.09. The fraction of sp³-hybridized carbons (Fsp3) is 0.357. The van der Waals surface area contributed by atoms with Crippen LogP contribution in [0.1, 0.15) is 35.9 Å². The zero-order chi connectivity index (χ0) is 14.4. The van der Waals surface area contributed by atoms with E-state index >= 15 is 0 Å². The molecule has 0 aliphatic heterocycles. The van der Waals surface area contributed by atoms with Crippen molar-refractivity contribution in [2.24, 2.45) is 0 Å². The van der Waals surface area contributed by atoms with Crippen molar-refractivity contribution in [1.82, 2.24) is 0 Å². The Labute approximate surface area is 116 Å². The summed E-state index contributed by atoms with van der Waals surface area (Å²) < 4.78 is 4.83. The molecule has 19 heavy (non-hydrogen) atoms. The molecule has 4 nitrogen and oxygen atoms in total. The lowest BCUT2D eigenvalue weighted by Gasteiger charge is -2.10. The highest BCUT2D eigenvalue weighted by Crippen LogP contribution is 2.25. The van der Waals surface area contributed by atoms with Gasteiger partial charge in [-0.2, -0.15) is 5.26 Å². The number of rotatable bonds is 5. The zero-order valence-corrected chi connectivity index (χ0v) is 11.5. The highest BCUT2D eigenvalue weighted by atomic mass is 35.5. The van der Waals surface area contributed by atoms with E-state index in [0.29, 0.717) is 23.3 Å². The maximum Gasteiger partial charge on any atom is 0.310 e. The van der Waals surface area contributed by atoms with Gasteiger partial charge >= 0.3 is 5.97 Å². The Hall–Kier alpha value is -1.86. The molecule has 0 bridgehead atoms. The van der Waals surface area contributed by atoms with Crippen LogP contribution in [0.4, 0.5) is 0 Å². The van der Waals surface area contributed by atoms with E-state index in [1.807, 2.05) is 6.07 Å². The number of carbonyl (C=O) groups is 2. The van der Waals surface area contributed by atoms with E-state index in [1.165, 1.54) is 6.92 Å². The largest absolute Gasteiger partial charge is 0.466 e. The molecule has 0 aliphatic carbocycles. The van der Waals surface area contributed by atoms with Gasteiger partial charge in [0.25, 0.3) is 0 Å². The normalized spacial score (nSPS) is 11.5. The summed E-state index contributed by atoms with van der Waals surface area (Å²) in [6, 6.07) is 6.82. The Morgan fingerprint density at radius 3 is 2.68 bits per heavy atom. The quantitative estimate of drug-likeness (QED) is 0.613. The number of hydrogen-bond donors (Lipinski definition) is 0. The van der Waals surface area contributed by atoms with Crippen LogP contribution >= 0.6 is 11.6 Å². The van der Waals surface area contributed by atoms with Crippen LogP contribution in [-0.2, 0) is 20.7 Å². The number of esters is 1. The maximum absolute atomic E-state index is 11.4. The Kier molecular flexibility index (Phi) is 5.53. The monoisotopic (exact) mass is 279 g/mol. The van der Waals surface area contributed by atoms with E-state index < -0.39 is 5.38 Å². The fourth-order valence-corrected chi connectivity index (χ4v) is 1.82. The van der Waals surface area contributed by atoms with Crippen molar-refractivity contribution in [3.8, 4) is 6.07 Å². The first-order chi connectivity index (χ1) is 8.99. The van der Waals surface area contributed by atoms with Crippen LogP contribution in [0.25, 0.3) is 0 Å². The molecule has 1 aromatic rings. The number of halogens is 1. The van der Waals surface area contributed by atoms with Crippen LogP contribution in [0.2, 0.25) is 0 Å². The number of alkyl halides is 1. The molecule has 0 aliphatic rings. The maximum atomic E-state index is 11.4. The number of nitriles is 1. The lowest BCUT2D eigenvalue weighted by atomic mass is 9.99. The molecule has 0 spiro atoms. The van der Waals surface area contributed by atoms with Gasteiger partial charge in [0.15, 0.2) is 5.78 Å². The molecule has 0 amide bonds. The van der Waals surface area contributed by atoms with E-state index in [9.17, 15) is 9.59 Å². The Morgan fingerprint density at radius 1 is 1.47 bits per heavy atom. The number of carbonyl (C=O) groups excluding carboxylic acids is 2. The van der Waals surface area contributed by atoms with Crippen LogP contribution in [-0.4, -0.2) is 18.4 Å². The summed E-state index contributed by atoms with van der Waals surface area (Å²) in [5.41, 5.74) is 1.42. The average Bonchev–Trinajstić information content (AvgIpc) is 2.37. The second kappa shape index (κ2) is 6.91. The number of ketones is 1. The van der Waals surface area contributed by atoms with Crippen molar-refractivity contribution >= 4 is 23.4 Å². The molecule has 1 unspecified atom stereocenters. The molecule has 0 aromatic heterocycles. The molecule has 1 rings (SSSR count). The van der Waals surface area contributed by atoms with Gasteiger partial charge in [0.1, 0.15) is 5.38 Å². The summed E-state index contributed by atoms with van der Waals surface area (Å²) >= 11 is 5.94. The predicted octanol–water partition coefficient (Wildman–Crippen LogP) is 2.53. The third kappa shape index (κ3) is 4.08. The van der Waals surface area contributed by atoms with Crippen molar-refractivity contribution in [3.63, 3.8) is 0 Å². The number of benzene rings is 1. The van der Waals surface area contributed by atoms with Gasteiger partial charge in [0.05, 0.1) is 24.7 Å². The van der Waals surface area contributed by atoms with Crippen LogP contribution in [0.5, 0.6) is 0 Å². The van der Waals surface area contributed by atoms with Gasteiger partial charge in [0.2, 0.25) is 0 Å². The van der Waals surface area contributed by atoms with E-state index in [0.717, 1.165) is 0 Å². The molecule has 100 valence electrons. The lowest BCUT2D eigenvalue weighted by molar-refractivity contribution is -0.142. The van der Waals surface area contributed by atoms with E-state index in [2.05, 4.69) is 0 Å². The molecule has 0 radical (unpaired) electrons. The highest BCUT2D eigenvalue weighted by Gasteiger charge is 2.18. The minimum atomic E-state index is -0.841. The number of ether oxygens (including phenoxy) is 1. The van der Waals surface area contributed by atoms with Gasteiger partial charge in [-0.1, -0.05) is 12.1 Å². The van der Waals surface area contributed by atoms with Crippen molar-refractivity contribution in [3.05, 3.63) is 34.9 Å². The van der Waals surface area contributed by atoms with Gasteiger partial charge < -0.3 is 4.74 Å². The van der Waals surface area contributed by atoms with Crippen molar-refractivity contribution in [2.75, 3.05) is 6.61 Å². The minimum absolute atomic E-state index is 0.0931. The van der Waals surface area contributed by atoms with Crippen LogP contribution < -0.4 is 0 Å². The summed E-state index contributed by atoms with van der Waals surface area (Å²) in [6.45, 7) is 3.41. The molecule has 0 saturated carbocycles. The molecule has 0 N–H and O–H groups in total. The third-order valence-corrected chi connectivity index (χ3v) is 3.06. The molecule has 1 aromatic carbocycles. The van der Waals surface area contributed by atoms with E-state index in [4.69, 9.17) is 21.6 Å². The number of hydrogen-bond acceptors (Lipinski definition) is 4. The van der Waals surface area contributed by atoms with Crippen LogP contribution in [0.15, 0.2) is 18.2 Å². The summed E-state index contributed by atoms with van der Waals surface area (Å²) in [7, 11) is 0. The third-order valence-electron chi connectivity index (χ3n) is 2.52. The Morgan fingerprint density at radius 2 is 2.16 bits per heavy atom. The second-order valence-corrected chi connectivity index (χ2v) is 4.42. The molecular formula is C14H14ClNO3. The highest BCUT2D eigenvalue weighted by molar-refractivity contribution is 6.31. The standard InChI is InChI=1S/C14H14ClNO3/c1-3-19-13(18)7-10-4-5-12(11(6-10)8-16)14(15)9(2)17/h4-6,14H,3,7H2,1-2H3. The average molecular weight is 280 g/mol. The molecule has 0 saturated heterocycles. The van der Waals surface area contributed by atoms with E-state index in [1.54, 1.807) is 25.1 Å². The summed E-state index contributed by atoms with van der Waals surface area (Å²) in [5, 5.41) is 8.23. The first kappa shape index (κ1) is 15.2. The van der Waals surface area contributed by atoms with Crippen molar-refractivity contribution in [2.45, 2.75) is 25.6 Å². The van der Waals surface area contributed by atoms with Gasteiger partial charge in [-0.05, 0) is 31.0 Å². The summed E-state index contributed by atoms with van der Waals surface area (Å²) in [5.74, 6) is -0.579. The van der Waals surface area contributed by atoms with Gasteiger partial charge in [-0.15, -0.1) is 11.6 Å². The van der Waals surface area contributed by atoms with Crippen molar-refractivity contribution < 1.29 is 14.3 Å². The topological polar surface area (TPSA) is 67.2 Å². The first-order valence-electron chi connectivity index (χ1n) is 5.82. The molecule has 0 fully saturated rings. The Balaban J connectivity index is 3.00. The van der Waals surface area contributed by atoms with Crippen molar-refractivity contribution in [1.29, 1.82) is 5.26 Å². The Bertz CT molecular complexity index is 534. The predicted molar refractivity (Wildman–Crippen MR) is 70.8 cm³/mol. The molecule has 1 atom stereocenters.